The number of carbonyl (C=O) groups is 2. The van der Waals surface area contributed by atoms with E-state index in [0.717, 1.165) is 63.4 Å². The van der Waals surface area contributed by atoms with Crippen molar-refractivity contribution in [2.45, 2.75) is 70.8 Å². The zero-order valence-electron chi connectivity index (χ0n) is 19.3. The van der Waals surface area contributed by atoms with E-state index < -0.39 is 0 Å². The molecule has 1 aliphatic heterocycles. The Balaban J connectivity index is 1.48. The molecule has 0 spiro atoms. The Bertz CT molecular complexity index is 957. The molecule has 2 amide bonds. The molecular formula is C25H33ClN4O3. The summed E-state index contributed by atoms with van der Waals surface area (Å²) in [6.45, 7) is 3.50. The molecule has 0 N–H and O–H groups in total. The maximum Gasteiger partial charge on any atom is 0.249 e. The zero-order chi connectivity index (χ0) is 23.2. The second-order valence-electron chi connectivity index (χ2n) is 9.16. The second-order valence-corrected chi connectivity index (χ2v) is 9.60. The molecule has 1 aromatic heterocycles. The average molecular weight is 473 g/mol. The predicted molar refractivity (Wildman–Crippen MR) is 126 cm³/mol. The lowest BCUT2D eigenvalue weighted by Gasteiger charge is -2.35. The van der Waals surface area contributed by atoms with Crippen LogP contribution in [0.1, 0.15) is 76.6 Å². The van der Waals surface area contributed by atoms with Crippen LogP contribution in [-0.4, -0.2) is 51.4 Å². The van der Waals surface area contributed by atoms with Gasteiger partial charge in [-0.2, -0.15) is 4.98 Å². The van der Waals surface area contributed by atoms with Gasteiger partial charge in [-0.1, -0.05) is 55.1 Å². The van der Waals surface area contributed by atoms with Gasteiger partial charge < -0.3 is 14.3 Å². The molecule has 7 nitrogen and oxygen atoms in total. The fourth-order valence-electron chi connectivity index (χ4n) is 4.90. The minimum atomic E-state index is -0.263. The third kappa shape index (κ3) is 5.75. The number of nitrogens with zero attached hydrogens (tertiary/aromatic N) is 4. The number of hydrogen-bond acceptors (Lipinski definition) is 5. The maximum atomic E-state index is 13.4. The molecule has 1 atom stereocenters. The molecule has 1 saturated heterocycles. The van der Waals surface area contributed by atoms with E-state index in [-0.39, 0.29) is 30.3 Å². The lowest BCUT2D eigenvalue weighted by Crippen LogP contribution is -2.47. The first-order valence-corrected chi connectivity index (χ1v) is 12.6. The fraction of sp³-hybridized carbons (Fsp3) is 0.600. The fourth-order valence-corrected chi connectivity index (χ4v) is 5.09. The van der Waals surface area contributed by atoms with Crippen LogP contribution in [0.15, 0.2) is 28.8 Å². The van der Waals surface area contributed by atoms with Crippen molar-refractivity contribution in [1.82, 2.24) is 19.9 Å². The number of hydrogen-bond donors (Lipinski definition) is 0. The molecule has 2 aromatic rings. The van der Waals surface area contributed by atoms with Gasteiger partial charge in [0.15, 0.2) is 0 Å². The number of amides is 2. The Morgan fingerprint density at radius 1 is 1.18 bits per heavy atom. The number of carbonyl (C=O) groups excluding carboxylic acids is 2. The quantitative estimate of drug-likeness (QED) is 0.523. The van der Waals surface area contributed by atoms with Crippen LogP contribution in [0.4, 0.5) is 0 Å². The third-order valence-electron chi connectivity index (χ3n) is 6.76. The number of likely N-dealkylation sites (tertiary alicyclic amines) is 1. The molecule has 2 fully saturated rings. The van der Waals surface area contributed by atoms with Gasteiger partial charge in [-0.15, -0.1) is 0 Å². The SMILES string of the molecule is CCCCN(CC(=O)N1CCCCC1c1nc(-c2cccc(Cl)c2)no1)C(=O)C1CCCC1. The van der Waals surface area contributed by atoms with Crippen molar-refractivity contribution in [2.75, 3.05) is 19.6 Å². The molecule has 0 radical (unpaired) electrons. The summed E-state index contributed by atoms with van der Waals surface area (Å²) in [7, 11) is 0. The van der Waals surface area contributed by atoms with E-state index in [9.17, 15) is 9.59 Å². The van der Waals surface area contributed by atoms with Gasteiger partial charge in [0.2, 0.25) is 23.5 Å². The van der Waals surface area contributed by atoms with E-state index in [0.29, 0.717) is 29.8 Å². The van der Waals surface area contributed by atoms with Crippen LogP contribution < -0.4 is 0 Å². The van der Waals surface area contributed by atoms with Gasteiger partial charge in [0.05, 0.1) is 6.54 Å². The minimum absolute atomic E-state index is 0.0374. The molecule has 2 heterocycles. The standard InChI is InChI=1S/C25H33ClN4O3/c1-2-3-14-29(25(32)18-9-4-5-10-18)17-22(31)30-15-7-6-13-21(30)24-27-23(28-33-24)19-11-8-12-20(26)16-19/h8,11-12,16,18,21H,2-7,9-10,13-15,17H2,1H3. The van der Waals surface area contributed by atoms with Crippen LogP contribution in [-0.2, 0) is 9.59 Å². The summed E-state index contributed by atoms with van der Waals surface area (Å²) in [4.78, 5) is 34.8. The zero-order valence-corrected chi connectivity index (χ0v) is 20.1. The summed E-state index contributed by atoms with van der Waals surface area (Å²) < 4.78 is 5.60. The van der Waals surface area contributed by atoms with Gasteiger partial charge in [-0.05, 0) is 50.7 Å². The molecule has 0 bridgehead atoms. The Kier molecular flexibility index (Phi) is 8.02. The highest BCUT2D eigenvalue weighted by Gasteiger charge is 2.35. The summed E-state index contributed by atoms with van der Waals surface area (Å²) in [6, 6.07) is 7.05. The average Bonchev–Trinajstić information content (AvgIpc) is 3.54. The van der Waals surface area contributed by atoms with Crippen LogP contribution in [0.2, 0.25) is 5.02 Å². The van der Waals surface area contributed by atoms with E-state index >= 15 is 0 Å². The summed E-state index contributed by atoms with van der Waals surface area (Å²) in [5, 5.41) is 4.74. The highest BCUT2D eigenvalue weighted by atomic mass is 35.5. The molecule has 1 unspecified atom stereocenters. The lowest BCUT2D eigenvalue weighted by atomic mass is 10.0. The van der Waals surface area contributed by atoms with Crippen molar-refractivity contribution in [3.05, 3.63) is 35.2 Å². The number of unbranched alkanes of at least 4 members (excludes halogenated alkanes) is 1. The monoisotopic (exact) mass is 472 g/mol. The van der Waals surface area contributed by atoms with Gasteiger partial charge in [-0.25, -0.2) is 0 Å². The lowest BCUT2D eigenvalue weighted by molar-refractivity contribution is -0.145. The van der Waals surface area contributed by atoms with Crippen molar-refractivity contribution in [2.24, 2.45) is 5.92 Å². The molecule has 2 aliphatic rings. The van der Waals surface area contributed by atoms with E-state index in [1.165, 1.54) is 0 Å². The highest BCUT2D eigenvalue weighted by Crippen LogP contribution is 2.32. The van der Waals surface area contributed by atoms with E-state index in [1.807, 2.05) is 17.0 Å². The molecule has 4 rings (SSSR count). The molecule has 1 aromatic carbocycles. The van der Waals surface area contributed by atoms with Gasteiger partial charge >= 0.3 is 0 Å². The molecule has 33 heavy (non-hydrogen) atoms. The normalized spacial score (nSPS) is 19.1. The van der Waals surface area contributed by atoms with E-state index in [1.54, 1.807) is 17.0 Å². The van der Waals surface area contributed by atoms with Crippen LogP contribution >= 0.6 is 11.6 Å². The number of piperidine rings is 1. The van der Waals surface area contributed by atoms with Crippen LogP contribution in [0.5, 0.6) is 0 Å². The summed E-state index contributed by atoms with van der Waals surface area (Å²) in [5.74, 6) is 1.09. The van der Waals surface area contributed by atoms with Crippen molar-refractivity contribution >= 4 is 23.4 Å². The van der Waals surface area contributed by atoms with E-state index in [2.05, 4.69) is 17.1 Å². The number of halogens is 1. The van der Waals surface area contributed by atoms with Crippen molar-refractivity contribution in [3.8, 4) is 11.4 Å². The van der Waals surface area contributed by atoms with Gasteiger partial charge in [0.25, 0.3) is 0 Å². The topological polar surface area (TPSA) is 79.5 Å². The highest BCUT2D eigenvalue weighted by molar-refractivity contribution is 6.30. The van der Waals surface area contributed by atoms with E-state index in [4.69, 9.17) is 16.1 Å². The molecule has 178 valence electrons. The van der Waals surface area contributed by atoms with Gasteiger partial charge in [-0.3, -0.25) is 9.59 Å². The molecule has 1 saturated carbocycles. The van der Waals surface area contributed by atoms with Crippen LogP contribution in [0, 0.1) is 5.92 Å². The van der Waals surface area contributed by atoms with Gasteiger partial charge in [0.1, 0.15) is 6.04 Å². The third-order valence-corrected chi connectivity index (χ3v) is 6.99. The van der Waals surface area contributed by atoms with Crippen molar-refractivity contribution in [1.29, 1.82) is 0 Å². The summed E-state index contributed by atoms with van der Waals surface area (Å²) in [6.07, 6.45) is 8.68. The molecule has 1 aliphatic carbocycles. The largest absolute Gasteiger partial charge is 0.337 e. The second kappa shape index (κ2) is 11.1. The number of benzene rings is 1. The van der Waals surface area contributed by atoms with Crippen molar-refractivity contribution in [3.63, 3.8) is 0 Å². The van der Waals surface area contributed by atoms with Gasteiger partial charge in [0, 0.05) is 29.6 Å². The Morgan fingerprint density at radius 3 is 2.73 bits per heavy atom. The summed E-state index contributed by atoms with van der Waals surface area (Å²) >= 11 is 6.10. The minimum Gasteiger partial charge on any atom is -0.337 e. The molecular weight excluding hydrogens is 440 g/mol. The number of aromatic nitrogens is 2. The van der Waals surface area contributed by atoms with Crippen LogP contribution in [0.3, 0.4) is 0 Å². The Hall–Kier alpha value is -2.41. The first-order chi connectivity index (χ1) is 16.1. The first-order valence-electron chi connectivity index (χ1n) is 12.2. The molecule has 8 heteroatoms. The van der Waals surface area contributed by atoms with Crippen LogP contribution in [0.25, 0.3) is 11.4 Å². The Labute approximate surface area is 200 Å². The van der Waals surface area contributed by atoms with Crippen molar-refractivity contribution < 1.29 is 14.1 Å². The Morgan fingerprint density at radius 2 is 1.97 bits per heavy atom. The first kappa shape index (κ1) is 23.7. The number of rotatable bonds is 8. The smallest absolute Gasteiger partial charge is 0.249 e. The summed E-state index contributed by atoms with van der Waals surface area (Å²) in [5.41, 5.74) is 0.777. The predicted octanol–water partition coefficient (Wildman–Crippen LogP) is 5.26. The maximum absolute atomic E-state index is 13.4.